The van der Waals surface area contributed by atoms with E-state index in [4.69, 9.17) is 0 Å². The smallest absolute Gasteiger partial charge is 0.213 e. The van der Waals surface area contributed by atoms with Crippen LogP contribution < -0.4 is 10.6 Å². The summed E-state index contributed by atoms with van der Waals surface area (Å²) in [6, 6.07) is 10.4. The van der Waals surface area contributed by atoms with Crippen molar-refractivity contribution in [3.63, 3.8) is 0 Å². The minimum absolute atomic E-state index is 0.141. The van der Waals surface area contributed by atoms with Crippen LogP contribution in [0.15, 0.2) is 35.3 Å². The molecule has 0 aliphatic carbocycles. The number of nitrogens with zero attached hydrogens (tertiary/aromatic N) is 2. The maximum Gasteiger partial charge on any atom is 0.213 e. The predicted octanol–water partition coefficient (Wildman–Crippen LogP) is 1.85. The van der Waals surface area contributed by atoms with Gasteiger partial charge in [-0.05, 0) is 38.7 Å². The molecule has 0 atom stereocenters. The van der Waals surface area contributed by atoms with E-state index in [1.54, 1.807) is 14.0 Å². The Morgan fingerprint density at radius 3 is 2.48 bits per heavy atom. The fourth-order valence-corrected chi connectivity index (χ4v) is 3.18. The number of rotatable bonds is 11. The predicted molar refractivity (Wildman–Crippen MR) is 105 cm³/mol. The minimum Gasteiger partial charge on any atom is -0.357 e. The second-order valence-corrected chi connectivity index (χ2v) is 8.22. The van der Waals surface area contributed by atoms with Crippen molar-refractivity contribution < 1.29 is 8.42 Å². The Balaban J connectivity index is 2.31. The van der Waals surface area contributed by atoms with E-state index in [1.165, 1.54) is 9.87 Å². The Labute approximate surface area is 152 Å². The van der Waals surface area contributed by atoms with Gasteiger partial charge in [0.2, 0.25) is 10.0 Å². The van der Waals surface area contributed by atoms with Crippen LogP contribution in [0, 0.1) is 0 Å². The number of aryl methyl sites for hydroxylation is 1. The highest BCUT2D eigenvalue weighted by Crippen LogP contribution is 2.02. The first-order chi connectivity index (χ1) is 12.0. The molecule has 142 valence electrons. The molecule has 25 heavy (non-hydrogen) atoms. The topological polar surface area (TPSA) is 73.8 Å². The summed E-state index contributed by atoms with van der Waals surface area (Å²) in [6.45, 7) is 6.45. The van der Waals surface area contributed by atoms with Crippen LogP contribution >= 0.6 is 0 Å². The molecule has 0 fully saturated rings. The third-order valence-corrected chi connectivity index (χ3v) is 5.72. The lowest BCUT2D eigenvalue weighted by molar-refractivity contribution is 0.461. The summed E-state index contributed by atoms with van der Waals surface area (Å²) in [5.41, 5.74) is 1.33. The number of hydrogen-bond acceptors (Lipinski definition) is 3. The SMILES string of the molecule is CCNC(=NCCCc1ccccc1)NCCCN(C)S(=O)(=O)CC. The molecule has 6 nitrogen and oxygen atoms in total. The van der Waals surface area contributed by atoms with Crippen molar-refractivity contribution in [2.24, 2.45) is 4.99 Å². The first-order valence-electron chi connectivity index (χ1n) is 8.99. The van der Waals surface area contributed by atoms with E-state index in [-0.39, 0.29) is 5.75 Å². The summed E-state index contributed by atoms with van der Waals surface area (Å²) in [5, 5.41) is 6.48. The Morgan fingerprint density at radius 2 is 1.84 bits per heavy atom. The summed E-state index contributed by atoms with van der Waals surface area (Å²) < 4.78 is 24.8. The zero-order chi connectivity index (χ0) is 18.5. The molecule has 7 heteroatoms. The molecule has 2 N–H and O–H groups in total. The molecule has 0 saturated heterocycles. The molecule has 0 saturated carbocycles. The normalized spacial score (nSPS) is 12.4. The second kappa shape index (κ2) is 11.9. The summed E-state index contributed by atoms with van der Waals surface area (Å²) in [7, 11) is -1.47. The first-order valence-corrected chi connectivity index (χ1v) is 10.6. The van der Waals surface area contributed by atoms with Gasteiger partial charge in [0.25, 0.3) is 0 Å². The monoisotopic (exact) mass is 368 g/mol. The summed E-state index contributed by atoms with van der Waals surface area (Å²) in [4.78, 5) is 4.57. The van der Waals surface area contributed by atoms with Crippen molar-refractivity contribution in [1.82, 2.24) is 14.9 Å². The van der Waals surface area contributed by atoms with Gasteiger partial charge >= 0.3 is 0 Å². The van der Waals surface area contributed by atoms with Gasteiger partial charge in [-0.3, -0.25) is 4.99 Å². The Hall–Kier alpha value is -1.60. The van der Waals surface area contributed by atoms with Gasteiger partial charge in [-0.25, -0.2) is 12.7 Å². The van der Waals surface area contributed by atoms with Crippen LogP contribution in [0.3, 0.4) is 0 Å². The highest BCUT2D eigenvalue weighted by atomic mass is 32.2. The van der Waals surface area contributed by atoms with Crippen molar-refractivity contribution in [1.29, 1.82) is 0 Å². The maximum atomic E-state index is 11.7. The van der Waals surface area contributed by atoms with Gasteiger partial charge in [0, 0.05) is 33.2 Å². The Morgan fingerprint density at radius 1 is 1.12 bits per heavy atom. The van der Waals surface area contributed by atoms with E-state index in [0.717, 1.165) is 38.3 Å². The fraction of sp³-hybridized carbons (Fsp3) is 0.611. The van der Waals surface area contributed by atoms with Crippen molar-refractivity contribution in [2.45, 2.75) is 33.1 Å². The average molecular weight is 369 g/mol. The fourth-order valence-electron chi connectivity index (χ4n) is 2.33. The number of sulfonamides is 1. The third-order valence-electron chi connectivity index (χ3n) is 3.86. The quantitative estimate of drug-likeness (QED) is 0.355. The summed E-state index contributed by atoms with van der Waals surface area (Å²) >= 11 is 0. The zero-order valence-corrected chi connectivity index (χ0v) is 16.5. The Bertz CT molecular complexity index is 603. The van der Waals surface area contributed by atoms with Crippen LogP contribution in [0.25, 0.3) is 0 Å². The van der Waals surface area contributed by atoms with Crippen molar-refractivity contribution >= 4 is 16.0 Å². The molecule has 0 aliphatic rings. The van der Waals surface area contributed by atoms with Gasteiger partial charge in [0.1, 0.15) is 0 Å². The number of hydrogen-bond donors (Lipinski definition) is 2. The highest BCUT2D eigenvalue weighted by molar-refractivity contribution is 7.89. The summed E-state index contributed by atoms with van der Waals surface area (Å²) in [5.74, 6) is 0.930. The van der Waals surface area contributed by atoms with E-state index in [0.29, 0.717) is 13.1 Å². The molecule has 0 radical (unpaired) electrons. The van der Waals surface area contributed by atoms with E-state index in [2.05, 4.69) is 39.9 Å². The van der Waals surface area contributed by atoms with Crippen molar-refractivity contribution in [3.05, 3.63) is 35.9 Å². The molecule has 0 unspecified atom stereocenters. The number of aliphatic imine (C=N–C) groups is 1. The van der Waals surface area contributed by atoms with Gasteiger partial charge in [0.15, 0.2) is 5.96 Å². The average Bonchev–Trinajstić information content (AvgIpc) is 2.62. The molecule has 0 spiro atoms. The highest BCUT2D eigenvalue weighted by Gasteiger charge is 2.13. The van der Waals surface area contributed by atoms with Crippen molar-refractivity contribution in [2.75, 3.05) is 39.0 Å². The van der Waals surface area contributed by atoms with Crippen LogP contribution in [-0.4, -0.2) is 57.7 Å². The van der Waals surface area contributed by atoms with Gasteiger partial charge in [0.05, 0.1) is 5.75 Å². The van der Waals surface area contributed by atoms with E-state index < -0.39 is 10.0 Å². The lowest BCUT2D eigenvalue weighted by Crippen LogP contribution is -2.39. The van der Waals surface area contributed by atoms with E-state index in [9.17, 15) is 8.42 Å². The molecule has 1 rings (SSSR count). The van der Waals surface area contributed by atoms with E-state index in [1.807, 2.05) is 13.0 Å². The molecule has 1 aromatic carbocycles. The van der Waals surface area contributed by atoms with Gasteiger partial charge in [-0.1, -0.05) is 30.3 Å². The minimum atomic E-state index is -3.09. The molecular weight excluding hydrogens is 336 g/mol. The third kappa shape index (κ3) is 8.88. The molecule has 0 heterocycles. The first kappa shape index (κ1) is 21.4. The lowest BCUT2D eigenvalue weighted by Gasteiger charge is -2.16. The van der Waals surface area contributed by atoms with Crippen LogP contribution in [-0.2, 0) is 16.4 Å². The molecule has 0 bridgehead atoms. The van der Waals surface area contributed by atoms with Gasteiger partial charge < -0.3 is 10.6 Å². The molecule has 0 aromatic heterocycles. The van der Waals surface area contributed by atoms with Gasteiger partial charge in [-0.15, -0.1) is 0 Å². The molecular formula is C18H32N4O2S. The molecule has 0 aliphatic heterocycles. The number of benzene rings is 1. The van der Waals surface area contributed by atoms with Crippen LogP contribution in [0.1, 0.15) is 32.3 Å². The Kier molecular flexibility index (Phi) is 10.2. The van der Waals surface area contributed by atoms with Crippen LogP contribution in [0.2, 0.25) is 0 Å². The van der Waals surface area contributed by atoms with Crippen molar-refractivity contribution in [3.8, 4) is 0 Å². The number of nitrogens with one attached hydrogen (secondary N) is 2. The van der Waals surface area contributed by atoms with Gasteiger partial charge in [-0.2, -0.15) is 0 Å². The van der Waals surface area contributed by atoms with Crippen LogP contribution in [0.4, 0.5) is 0 Å². The lowest BCUT2D eigenvalue weighted by atomic mass is 10.1. The largest absolute Gasteiger partial charge is 0.357 e. The molecule has 1 aromatic rings. The molecule has 0 amide bonds. The standard InChI is InChI=1S/C18H32N4O2S/c1-4-19-18(20-14-9-13-17-11-7-6-8-12-17)21-15-10-16-22(3)25(23,24)5-2/h6-8,11-12H,4-5,9-10,13-16H2,1-3H3,(H2,19,20,21). The summed E-state index contributed by atoms with van der Waals surface area (Å²) in [6.07, 6.45) is 2.76. The van der Waals surface area contributed by atoms with E-state index >= 15 is 0 Å². The number of guanidine groups is 1. The van der Waals surface area contributed by atoms with Crippen LogP contribution in [0.5, 0.6) is 0 Å². The maximum absolute atomic E-state index is 11.7. The second-order valence-electron chi connectivity index (χ2n) is 5.85. The zero-order valence-electron chi connectivity index (χ0n) is 15.7.